The Bertz CT molecular complexity index is 284. The van der Waals surface area contributed by atoms with Gasteiger partial charge in [-0.2, -0.15) is 0 Å². The normalized spacial score (nSPS) is 22.0. The van der Waals surface area contributed by atoms with Gasteiger partial charge in [0.1, 0.15) is 0 Å². The molecule has 0 aromatic carbocycles. The fourth-order valence-corrected chi connectivity index (χ4v) is 2.87. The summed E-state index contributed by atoms with van der Waals surface area (Å²) in [5.74, 6) is 1.19. The van der Waals surface area contributed by atoms with Crippen LogP contribution < -0.4 is 0 Å². The minimum absolute atomic E-state index is 0.347. The van der Waals surface area contributed by atoms with E-state index < -0.39 is 0 Å². The summed E-state index contributed by atoms with van der Waals surface area (Å²) in [6.45, 7) is 19.7. The first-order chi connectivity index (χ1) is 10.5. The summed E-state index contributed by atoms with van der Waals surface area (Å²) >= 11 is 0. The Morgan fingerprint density at radius 3 is 1.86 bits per heavy atom. The zero-order valence-electron chi connectivity index (χ0n) is 16.2. The van der Waals surface area contributed by atoms with Gasteiger partial charge in [-0.05, 0) is 50.1 Å². The SMILES string of the molecule is CC.CC.CC1CCN(CC(=O)N2CCC(C)(C)CC2)CC1. The van der Waals surface area contributed by atoms with Crippen LogP contribution in [0.3, 0.4) is 0 Å². The van der Waals surface area contributed by atoms with Gasteiger partial charge in [-0.1, -0.05) is 48.5 Å². The maximum Gasteiger partial charge on any atom is 0.236 e. The highest BCUT2D eigenvalue weighted by Crippen LogP contribution is 2.29. The second-order valence-electron chi connectivity index (χ2n) is 7.00. The fourth-order valence-electron chi connectivity index (χ4n) is 2.87. The average Bonchev–Trinajstić information content (AvgIpc) is 2.53. The van der Waals surface area contributed by atoms with E-state index in [1.54, 1.807) is 0 Å². The van der Waals surface area contributed by atoms with Crippen molar-refractivity contribution in [1.82, 2.24) is 9.80 Å². The molecule has 0 aromatic rings. The van der Waals surface area contributed by atoms with Crippen LogP contribution in [0.25, 0.3) is 0 Å². The Labute approximate surface area is 139 Å². The van der Waals surface area contributed by atoms with Gasteiger partial charge in [-0.25, -0.2) is 0 Å². The van der Waals surface area contributed by atoms with E-state index in [1.807, 2.05) is 27.7 Å². The topological polar surface area (TPSA) is 23.6 Å². The molecule has 132 valence electrons. The Morgan fingerprint density at radius 1 is 0.955 bits per heavy atom. The number of hydrogen-bond donors (Lipinski definition) is 0. The number of hydrogen-bond acceptors (Lipinski definition) is 2. The molecule has 22 heavy (non-hydrogen) atoms. The lowest BCUT2D eigenvalue weighted by molar-refractivity contribution is -0.134. The summed E-state index contributed by atoms with van der Waals surface area (Å²) in [5, 5.41) is 0. The molecule has 2 saturated heterocycles. The van der Waals surface area contributed by atoms with Crippen molar-refractivity contribution in [2.24, 2.45) is 11.3 Å². The average molecular weight is 313 g/mol. The summed E-state index contributed by atoms with van der Waals surface area (Å²) in [7, 11) is 0. The van der Waals surface area contributed by atoms with Crippen molar-refractivity contribution < 1.29 is 4.79 Å². The molecule has 2 fully saturated rings. The molecule has 0 radical (unpaired) electrons. The number of carbonyl (C=O) groups excluding carboxylic acids is 1. The second-order valence-corrected chi connectivity index (χ2v) is 7.00. The molecule has 3 heteroatoms. The van der Waals surface area contributed by atoms with Crippen molar-refractivity contribution >= 4 is 5.91 Å². The fraction of sp³-hybridized carbons (Fsp3) is 0.947. The van der Waals surface area contributed by atoms with Crippen molar-refractivity contribution in [2.75, 3.05) is 32.7 Å². The lowest BCUT2D eigenvalue weighted by Gasteiger charge is -2.38. The third-order valence-corrected chi connectivity index (χ3v) is 4.70. The molecule has 0 unspecified atom stereocenters. The molecule has 3 nitrogen and oxygen atoms in total. The van der Waals surface area contributed by atoms with E-state index in [-0.39, 0.29) is 0 Å². The minimum atomic E-state index is 0.347. The van der Waals surface area contributed by atoms with Gasteiger partial charge in [0, 0.05) is 13.1 Å². The quantitative estimate of drug-likeness (QED) is 0.753. The highest BCUT2D eigenvalue weighted by molar-refractivity contribution is 5.78. The van der Waals surface area contributed by atoms with Crippen LogP contribution >= 0.6 is 0 Å². The summed E-state index contributed by atoms with van der Waals surface area (Å²) in [6.07, 6.45) is 4.80. The Morgan fingerprint density at radius 2 is 1.41 bits per heavy atom. The molecule has 2 aliphatic heterocycles. The summed E-state index contributed by atoms with van der Waals surface area (Å²) in [4.78, 5) is 16.7. The first kappa shape index (κ1) is 21.4. The Hall–Kier alpha value is -0.570. The molecule has 0 bridgehead atoms. The van der Waals surface area contributed by atoms with E-state index in [0.29, 0.717) is 17.9 Å². The van der Waals surface area contributed by atoms with Crippen LogP contribution in [0.4, 0.5) is 0 Å². The van der Waals surface area contributed by atoms with E-state index >= 15 is 0 Å². The second kappa shape index (κ2) is 11.0. The Kier molecular flexibility index (Phi) is 10.8. The van der Waals surface area contributed by atoms with Gasteiger partial charge in [0.2, 0.25) is 5.91 Å². The molecule has 2 heterocycles. The van der Waals surface area contributed by atoms with E-state index in [9.17, 15) is 4.79 Å². The molecule has 0 aliphatic carbocycles. The van der Waals surface area contributed by atoms with Gasteiger partial charge in [0.25, 0.3) is 0 Å². The third-order valence-electron chi connectivity index (χ3n) is 4.70. The number of rotatable bonds is 2. The molecule has 0 saturated carbocycles. The number of amides is 1. The van der Waals surface area contributed by atoms with E-state index in [0.717, 1.165) is 44.9 Å². The smallest absolute Gasteiger partial charge is 0.236 e. The standard InChI is InChI=1S/C15H28N2O.2C2H6/c1-13-4-8-16(9-5-13)12-14(18)17-10-6-15(2,3)7-11-17;2*1-2/h13H,4-12H2,1-3H3;2*1-2H3. The summed E-state index contributed by atoms with van der Waals surface area (Å²) < 4.78 is 0. The van der Waals surface area contributed by atoms with E-state index in [1.165, 1.54) is 12.8 Å². The number of nitrogens with zero attached hydrogens (tertiary/aromatic N) is 2. The van der Waals surface area contributed by atoms with Crippen molar-refractivity contribution in [3.63, 3.8) is 0 Å². The van der Waals surface area contributed by atoms with Crippen LogP contribution in [-0.2, 0) is 4.79 Å². The predicted molar refractivity (Wildman–Crippen MR) is 97.1 cm³/mol. The lowest BCUT2D eigenvalue weighted by atomic mass is 9.82. The molecule has 2 rings (SSSR count). The highest BCUT2D eigenvalue weighted by atomic mass is 16.2. The van der Waals surface area contributed by atoms with Gasteiger partial charge in [-0.3, -0.25) is 9.69 Å². The monoisotopic (exact) mass is 312 g/mol. The van der Waals surface area contributed by atoms with Crippen LogP contribution in [-0.4, -0.2) is 48.4 Å². The van der Waals surface area contributed by atoms with E-state index in [4.69, 9.17) is 0 Å². The third kappa shape index (κ3) is 7.62. The molecule has 2 aliphatic rings. The first-order valence-corrected chi connectivity index (χ1v) is 9.46. The molecule has 1 amide bonds. The van der Waals surface area contributed by atoms with Crippen LogP contribution in [0.15, 0.2) is 0 Å². The van der Waals surface area contributed by atoms with Gasteiger partial charge in [-0.15, -0.1) is 0 Å². The zero-order valence-corrected chi connectivity index (χ0v) is 16.2. The first-order valence-electron chi connectivity index (χ1n) is 9.46. The van der Waals surface area contributed by atoms with E-state index in [2.05, 4.69) is 30.6 Å². The lowest BCUT2D eigenvalue weighted by Crippen LogP contribution is -2.47. The molecular weight excluding hydrogens is 272 g/mol. The molecule has 0 atom stereocenters. The van der Waals surface area contributed by atoms with Gasteiger partial charge >= 0.3 is 0 Å². The van der Waals surface area contributed by atoms with Gasteiger partial charge < -0.3 is 4.90 Å². The van der Waals surface area contributed by atoms with Gasteiger partial charge in [0.05, 0.1) is 6.54 Å². The minimum Gasteiger partial charge on any atom is -0.342 e. The number of piperidine rings is 2. The molecular formula is C19H40N2O. The zero-order chi connectivity index (χ0) is 17.2. The van der Waals surface area contributed by atoms with Crippen molar-refractivity contribution in [1.29, 1.82) is 0 Å². The summed E-state index contributed by atoms with van der Waals surface area (Å²) in [5.41, 5.74) is 0.428. The Balaban J connectivity index is 0.00000102. The molecule has 0 aromatic heterocycles. The molecule has 0 N–H and O–H groups in total. The molecule has 0 spiro atoms. The van der Waals surface area contributed by atoms with Crippen molar-refractivity contribution in [3.05, 3.63) is 0 Å². The van der Waals surface area contributed by atoms with Gasteiger partial charge in [0.15, 0.2) is 0 Å². The van der Waals surface area contributed by atoms with Crippen LogP contribution in [0.5, 0.6) is 0 Å². The van der Waals surface area contributed by atoms with Crippen LogP contribution in [0.2, 0.25) is 0 Å². The maximum absolute atomic E-state index is 12.2. The largest absolute Gasteiger partial charge is 0.342 e. The number of carbonyl (C=O) groups is 1. The maximum atomic E-state index is 12.2. The van der Waals surface area contributed by atoms with Crippen molar-refractivity contribution in [2.45, 2.75) is 74.1 Å². The van der Waals surface area contributed by atoms with Crippen molar-refractivity contribution in [3.8, 4) is 0 Å². The van der Waals surface area contributed by atoms with Crippen LogP contribution in [0.1, 0.15) is 74.1 Å². The number of likely N-dealkylation sites (tertiary alicyclic amines) is 2. The summed E-state index contributed by atoms with van der Waals surface area (Å²) in [6, 6.07) is 0. The predicted octanol–water partition coefficient (Wildman–Crippen LogP) is 4.42. The highest BCUT2D eigenvalue weighted by Gasteiger charge is 2.28. The van der Waals surface area contributed by atoms with Crippen LogP contribution in [0, 0.1) is 11.3 Å².